The molecule has 0 saturated carbocycles. The van der Waals surface area contributed by atoms with Gasteiger partial charge < -0.3 is 10.8 Å². The number of aliphatic hydroxyl groups excluding tert-OH is 1. The van der Waals surface area contributed by atoms with E-state index < -0.39 is 6.04 Å². The van der Waals surface area contributed by atoms with E-state index in [0.29, 0.717) is 29.0 Å². The number of hydrogen-bond donors (Lipinski definition) is 2. The van der Waals surface area contributed by atoms with Crippen LogP contribution in [0.2, 0.25) is 5.02 Å². The molecule has 1 aromatic rings. The highest BCUT2D eigenvalue weighted by Gasteiger charge is 2.16. The smallest absolute Gasteiger partial charge is 0.132 e. The second-order valence-corrected chi connectivity index (χ2v) is 3.97. The summed E-state index contributed by atoms with van der Waals surface area (Å²) >= 11 is 5.89. The molecule has 1 aromatic carbocycles. The molecule has 2 nitrogen and oxygen atoms in total. The van der Waals surface area contributed by atoms with Crippen molar-refractivity contribution in [2.75, 3.05) is 6.61 Å². The molecule has 0 unspecified atom stereocenters. The first-order valence-corrected chi connectivity index (χ1v) is 5.26. The summed E-state index contributed by atoms with van der Waals surface area (Å²) in [5.74, 6) is -0.340. The lowest BCUT2D eigenvalue weighted by Gasteiger charge is -2.15. The van der Waals surface area contributed by atoms with Crippen LogP contribution in [0.5, 0.6) is 0 Å². The molecule has 0 fully saturated rings. The van der Waals surface area contributed by atoms with Gasteiger partial charge in [-0.1, -0.05) is 17.7 Å². The average Bonchev–Trinajstić information content (AvgIpc) is 2.21. The molecule has 15 heavy (non-hydrogen) atoms. The van der Waals surface area contributed by atoms with Crippen molar-refractivity contribution in [3.05, 3.63) is 34.1 Å². The maximum atomic E-state index is 13.7. The molecule has 1 rings (SSSR count). The third kappa shape index (κ3) is 2.91. The number of aliphatic hydroxyl groups is 1. The predicted octanol–water partition coefficient (Wildman–Crippen LogP) is 2.56. The van der Waals surface area contributed by atoms with Gasteiger partial charge in [0, 0.05) is 23.2 Å². The van der Waals surface area contributed by atoms with E-state index in [-0.39, 0.29) is 12.4 Å². The van der Waals surface area contributed by atoms with Gasteiger partial charge in [0.25, 0.3) is 0 Å². The Labute approximate surface area is 93.9 Å². The Balaban J connectivity index is 2.96. The van der Waals surface area contributed by atoms with Crippen LogP contribution in [0, 0.1) is 12.7 Å². The molecule has 84 valence electrons. The SMILES string of the molecule is Cc1ccc(Cl)c([C@@H](N)CCCO)c1F. The summed E-state index contributed by atoms with van der Waals surface area (Å²) < 4.78 is 13.7. The summed E-state index contributed by atoms with van der Waals surface area (Å²) in [6.45, 7) is 1.73. The zero-order valence-corrected chi connectivity index (χ0v) is 9.39. The number of benzene rings is 1. The van der Waals surface area contributed by atoms with Crippen LogP contribution in [0.4, 0.5) is 4.39 Å². The third-order valence-electron chi connectivity index (χ3n) is 2.36. The molecule has 0 saturated heterocycles. The van der Waals surface area contributed by atoms with Gasteiger partial charge in [0.15, 0.2) is 0 Å². The molecule has 3 N–H and O–H groups in total. The van der Waals surface area contributed by atoms with Gasteiger partial charge in [-0.3, -0.25) is 0 Å². The summed E-state index contributed by atoms with van der Waals surface area (Å²) in [6, 6.07) is 2.82. The predicted molar refractivity (Wildman–Crippen MR) is 59.4 cm³/mol. The molecule has 4 heteroatoms. The van der Waals surface area contributed by atoms with E-state index in [1.54, 1.807) is 19.1 Å². The number of hydrogen-bond acceptors (Lipinski definition) is 2. The quantitative estimate of drug-likeness (QED) is 0.837. The molecular formula is C11H15ClFNO. The fraction of sp³-hybridized carbons (Fsp3) is 0.455. The van der Waals surface area contributed by atoms with Crippen molar-refractivity contribution in [1.29, 1.82) is 0 Å². The fourth-order valence-electron chi connectivity index (χ4n) is 1.47. The number of nitrogens with two attached hydrogens (primary N) is 1. The maximum Gasteiger partial charge on any atom is 0.132 e. The van der Waals surface area contributed by atoms with Gasteiger partial charge in [0.05, 0.1) is 0 Å². The Kier molecular flexibility index (Phi) is 4.51. The van der Waals surface area contributed by atoms with Crippen LogP contribution >= 0.6 is 11.6 Å². The Morgan fingerprint density at radius 3 is 2.80 bits per heavy atom. The Bertz CT molecular complexity index is 344. The van der Waals surface area contributed by atoms with Crippen LogP contribution in [0.15, 0.2) is 12.1 Å². The minimum atomic E-state index is -0.454. The zero-order valence-electron chi connectivity index (χ0n) is 8.63. The molecule has 0 aliphatic carbocycles. The van der Waals surface area contributed by atoms with E-state index in [1.807, 2.05) is 0 Å². The van der Waals surface area contributed by atoms with Crippen LogP contribution in [0.3, 0.4) is 0 Å². The summed E-state index contributed by atoms with van der Waals surface area (Å²) in [5.41, 5.74) is 6.70. The van der Waals surface area contributed by atoms with E-state index in [9.17, 15) is 4.39 Å². The summed E-state index contributed by atoms with van der Waals surface area (Å²) in [5, 5.41) is 9.02. The van der Waals surface area contributed by atoms with Gasteiger partial charge in [-0.25, -0.2) is 4.39 Å². The van der Waals surface area contributed by atoms with E-state index >= 15 is 0 Å². The molecule has 0 aromatic heterocycles. The van der Waals surface area contributed by atoms with Crippen molar-refractivity contribution < 1.29 is 9.50 Å². The van der Waals surface area contributed by atoms with Crippen molar-refractivity contribution in [2.24, 2.45) is 5.73 Å². The van der Waals surface area contributed by atoms with Crippen LogP contribution in [0.1, 0.15) is 30.0 Å². The van der Waals surface area contributed by atoms with E-state index in [1.165, 1.54) is 0 Å². The highest BCUT2D eigenvalue weighted by atomic mass is 35.5. The molecule has 0 bridgehead atoms. The molecule has 0 radical (unpaired) electrons. The van der Waals surface area contributed by atoms with E-state index in [4.69, 9.17) is 22.4 Å². The Morgan fingerprint density at radius 1 is 1.53 bits per heavy atom. The summed E-state index contributed by atoms with van der Waals surface area (Å²) in [6.07, 6.45) is 1.07. The zero-order chi connectivity index (χ0) is 11.4. The molecule has 0 amide bonds. The lowest BCUT2D eigenvalue weighted by atomic mass is 10.00. The standard InChI is InChI=1S/C11H15ClFNO/c1-7-4-5-8(12)10(11(7)13)9(14)3-2-6-15/h4-5,9,15H,2-3,6,14H2,1H3/t9-/m0/s1. The second-order valence-electron chi connectivity index (χ2n) is 3.56. The van der Waals surface area contributed by atoms with Crippen molar-refractivity contribution in [3.8, 4) is 0 Å². The van der Waals surface area contributed by atoms with Crippen molar-refractivity contribution in [3.63, 3.8) is 0 Å². The summed E-state index contributed by atoms with van der Waals surface area (Å²) in [7, 11) is 0. The van der Waals surface area contributed by atoms with Crippen LogP contribution < -0.4 is 5.73 Å². The molecule has 0 aliphatic heterocycles. The first-order chi connectivity index (χ1) is 7.07. The lowest BCUT2D eigenvalue weighted by Crippen LogP contribution is -2.14. The van der Waals surface area contributed by atoms with Crippen molar-refractivity contribution in [1.82, 2.24) is 0 Å². The minimum Gasteiger partial charge on any atom is -0.396 e. The molecule has 0 aliphatic rings. The van der Waals surface area contributed by atoms with Gasteiger partial charge in [0.2, 0.25) is 0 Å². The van der Waals surface area contributed by atoms with Crippen LogP contribution in [0.25, 0.3) is 0 Å². The fourth-order valence-corrected chi connectivity index (χ4v) is 1.76. The maximum absolute atomic E-state index is 13.7. The number of halogens is 2. The topological polar surface area (TPSA) is 46.2 Å². The third-order valence-corrected chi connectivity index (χ3v) is 2.69. The molecule has 0 heterocycles. The number of rotatable bonds is 4. The van der Waals surface area contributed by atoms with Crippen LogP contribution in [-0.2, 0) is 0 Å². The Hall–Kier alpha value is -0.640. The van der Waals surface area contributed by atoms with Gasteiger partial charge >= 0.3 is 0 Å². The molecule has 1 atom stereocenters. The molecular weight excluding hydrogens is 217 g/mol. The molecule has 0 spiro atoms. The van der Waals surface area contributed by atoms with Crippen LogP contribution in [-0.4, -0.2) is 11.7 Å². The van der Waals surface area contributed by atoms with Gasteiger partial charge in [-0.15, -0.1) is 0 Å². The second kappa shape index (κ2) is 5.45. The first kappa shape index (κ1) is 12.4. The van der Waals surface area contributed by atoms with E-state index in [0.717, 1.165) is 0 Å². The van der Waals surface area contributed by atoms with E-state index in [2.05, 4.69) is 0 Å². The highest BCUT2D eigenvalue weighted by Crippen LogP contribution is 2.28. The van der Waals surface area contributed by atoms with Crippen molar-refractivity contribution in [2.45, 2.75) is 25.8 Å². The largest absolute Gasteiger partial charge is 0.396 e. The summed E-state index contributed by atoms with van der Waals surface area (Å²) in [4.78, 5) is 0. The average molecular weight is 232 g/mol. The van der Waals surface area contributed by atoms with Gasteiger partial charge in [-0.2, -0.15) is 0 Å². The van der Waals surface area contributed by atoms with Gasteiger partial charge in [0.1, 0.15) is 5.82 Å². The van der Waals surface area contributed by atoms with Crippen molar-refractivity contribution >= 4 is 11.6 Å². The first-order valence-electron chi connectivity index (χ1n) is 4.89. The minimum absolute atomic E-state index is 0.0543. The monoisotopic (exact) mass is 231 g/mol. The normalized spacial score (nSPS) is 12.9. The Morgan fingerprint density at radius 2 is 2.20 bits per heavy atom. The highest BCUT2D eigenvalue weighted by molar-refractivity contribution is 6.31. The lowest BCUT2D eigenvalue weighted by molar-refractivity contribution is 0.279. The number of aryl methyl sites for hydroxylation is 1. The van der Waals surface area contributed by atoms with Gasteiger partial charge in [-0.05, 0) is 31.4 Å².